The summed E-state index contributed by atoms with van der Waals surface area (Å²) in [6.07, 6.45) is 1.62. The molecule has 1 aliphatic carbocycles. The first kappa shape index (κ1) is 14.2. The Labute approximate surface area is 129 Å². The molecule has 0 bridgehead atoms. The zero-order chi connectivity index (χ0) is 15.0. The van der Waals surface area contributed by atoms with Crippen molar-refractivity contribution >= 4 is 21.8 Å². The van der Waals surface area contributed by atoms with Crippen LogP contribution in [0, 0.1) is 11.6 Å². The molecule has 3 rings (SSSR count). The predicted octanol–water partition coefficient (Wildman–Crippen LogP) is 4.15. The first-order valence-corrected chi connectivity index (χ1v) is 7.33. The number of halogens is 3. The lowest BCUT2D eigenvalue weighted by molar-refractivity contribution is 0.0926. The second-order valence-corrected chi connectivity index (χ2v) is 6.08. The predicted molar refractivity (Wildman–Crippen MR) is 78.9 cm³/mol. The van der Waals surface area contributed by atoms with Gasteiger partial charge in [-0.05, 0) is 42.7 Å². The average molecular weight is 352 g/mol. The molecule has 108 valence electrons. The van der Waals surface area contributed by atoms with Crippen molar-refractivity contribution in [1.29, 1.82) is 0 Å². The maximum Gasteiger partial charge on any atom is 0.254 e. The second-order valence-electron chi connectivity index (χ2n) is 5.17. The van der Waals surface area contributed by atoms with E-state index in [1.54, 1.807) is 0 Å². The van der Waals surface area contributed by atoms with Gasteiger partial charge >= 0.3 is 0 Å². The van der Waals surface area contributed by atoms with Crippen molar-refractivity contribution in [3.63, 3.8) is 0 Å². The third kappa shape index (κ3) is 2.83. The van der Waals surface area contributed by atoms with E-state index in [9.17, 15) is 13.6 Å². The van der Waals surface area contributed by atoms with Gasteiger partial charge in [0.25, 0.3) is 5.91 Å². The molecule has 2 nitrogen and oxygen atoms in total. The zero-order valence-electron chi connectivity index (χ0n) is 11.0. The number of benzene rings is 2. The summed E-state index contributed by atoms with van der Waals surface area (Å²) in [5, 5.41) is 2.86. The van der Waals surface area contributed by atoms with E-state index in [1.807, 2.05) is 24.3 Å². The molecule has 0 saturated heterocycles. The third-order valence-corrected chi connectivity index (χ3v) is 4.20. The number of carbonyl (C=O) groups is 1. The van der Waals surface area contributed by atoms with Crippen molar-refractivity contribution in [3.05, 3.63) is 69.7 Å². The summed E-state index contributed by atoms with van der Waals surface area (Å²) in [5.41, 5.74) is 0.417. The van der Waals surface area contributed by atoms with Gasteiger partial charge in [-0.15, -0.1) is 0 Å². The van der Waals surface area contributed by atoms with Crippen molar-refractivity contribution in [3.8, 4) is 0 Å². The van der Waals surface area contributed by atoms with Crippen molar-refractivity contribution in [2.45, 2.75) is 18.4 Å². The fourth-order valence-electron chi connectivity index (χ4n) is 2.34. The first-order valence-electron chi connectivity index (χ1n) is 6.54. The Morgan fingerprint density at radius 1 is 1.10 bits per heavy atom. The van der Waals surface area contributed by atoms with Crippen LogP contribution in [0.1, 0.15) is 28.8 Å². The van der Waals surface area contributed by atoms with Crippen LogP contribution in [0.5, 0.6) is 0 Å². The van der Waals surface area contributed by atoms with Gasteiger partial charge in [0.2, 0.25) is 0 Å². The van der Waals surface area contributed by atoms with E-state index in [-0.39, 0.29) is 5.56 Å². The SMILES string of the molecule is O=C(NC1(c2ccc(Br)cc2)CC1)c1ccc(F)cc1F. The minimum Gasteiger partial charge on any atom is -0.342 e. The Kier molecular flexibility index (Phi) is 3.53. The molecular formula is C16H12BrF2NO. The smallest absolute Gasteiger partial charge is 0.254 e. The highest BCUT2D eigenvalue weighted by Crippen LogP contribution is 2.45. The molecule has 2 aromatic rings. The lowest BCUT2D eigenvalue weighted by Gasteiger charge is -2.18. The van der Waals surface area contributed by atoms with Crippen LogP contribution < -0.4 is 5.32 Å². The minimum absolute atomic E-state index is 0.139. The van der Waals surface area contributed by atoms with Crippen LogP contribution in [-0.4, -0.2) is 5.91 Å². The number of hydrogen-bond acceptors (Lipinski definition) is 1. The third-order valence-electron chi connectivity index (χ3n) is 3.68. The van der Waals surface area contributed by atoms with Crippen molar-refractivity contribution < 1.29 is 13.6 Å². The summed E-state index contributed by atoms with van der Waals surface area (Å²) in [4.78, 5) is 12.2. The lowest BCUT2D eigenvalue weighted by Crippen LogP contribution is -2.35. The zero-order valence-corrected chi connectivity index (χ0v) is 12.6. The highest BCUT2D eigenvalue weighted by Gasteiger charge is 2.45. The molecule has 0 atom stereocenters. The Morgan fingerprint density at radius 2 is 1.76 bits per heavy atom. The fraction of sp³-hybridized carbons (Fsp3) is 0.188. The Bertz CT molecular complexity index is 696. The largest absolute Gasteiger partial charge is 0.342 e. The fourth-order valence-corrected chi connectivity index (χ4v) is 2.60. The molecule has 1 fully saturated rings. The molecule has 0 aromatic heterocycles. The van der Waals surface area contributed by atoms with Crippen LogP contribution in [0.25, 0.3) is 0 Å². The summed E-state index contributed by atoms with van der Waals surface area (Å²) >= 11 is 3.36. The summed E-state index contributed by atoms with van der Waals surface area (Å²) in [5.74, 6) is -2.06. The molecule has 1 amide bonds. The lowest BCUT2D eigenvalue weighted by atomic mass is 10.0. The molecule has 0 unspecified atom stereocenters. The topological polar surface area (TPSA) is 29.1 Å². The summed E-state index contributed by atoms with van der Waals surface area (Å²) in [7, 11) is 0. The van der Waals surface area contributed by atoms with Gasteiger partial charge in [-0.3, -0.25) is 4.79 Å². The van der Waals surface area contributed by atoms with Gasteiger partial charge in [0.1, 0.15) is 11.6 Å². The number of nitrogens with one attached hydrogen (secondary N) is 1. The quantitative estimate of drug-likeness (QED) is 0.884. The van der Waals surface area contributed by atoms with Crippen LogP contribution in [0.2, 0.25) is 0 Å². The maximum atomic E-state index is 13.6. The standard InChI is InChI=1S/C16H12BrF2NO/c17-11-3-1-10(2-4-11)16(7-8-16)20-15(21)13-6-5-12(18)9-14(13)19/h1-6,9H,7-8H2,(H,20,21). The Balaban J connectivity index is 1.82. The normalized spacial score (nSPS) is 15.6. The molecular weight excluding hydrogens is 340 g/mol. The molecule has 1 saturated carbocycles. The number of rotatable bonds is 3. The first-order chi connectivity index (χ1) is 10.00. The minimum atomic E-state index is -0.848. The molecule has 2 aromatic carbocycles. The molecule has 0 spiro atoms. The molecule has 0 heterocycles. The van der Waals surface area contributed by atoms with Gasteiger partial charge < -0.3 is 5.32 Å². The van der Waals surface area contributed by atoms with Gasteiger partial charge in [-0.1, -0.05) is 28.1 Å². The van der Waals surface area contributed by atoms with E-state index in [1.165, 1.54) is 0 Å². The van der Waals surface area contributed by atoms with Gasteiger partial charge in [0.05, 0.1) is 11.1 Å². The number of hydrogen-bond donors (Lipinski definition) is 1. The van der Waals surface area contributed by atoms with E-state index < -0.39 is 23.1 Å². The van der Waals surface area contributed by atoms with E-state index in [2.05, 4.69) is 21.2 Å². The van der Waals surface area contributed by atoms with Gasteiger partial charge in [-0.2, -0.15) is 0 Å². The maximum absolute atomic E-state index is 13.6. The van der Waals surface area contributed by atoms with Crippen LogP contribution in [0.15, 0.2) is 46.9 Å². The monoisotopic (exact) mass is 351 g/mol. The van der Waals surface area contributed by atoms with Crippen molar-refractivity contribution in [2.75, 3.05) is 0 Å². The highest BCUT2D eigenvalue weighted by molar-refractivity contribution is 9.10. The Hall–Kier alpha value is -1.75. The van der Waals surface area contributed by atoms with Gasteiger partial charge in [0.15, 0.2) is 0 Å². The molecule has 21 heavy (non-hydrogen) atoms. The Morgan fingerprint density at radius 3 is 2.33 bits per heavy atom. The number of amides is 1. The molecule has 1 aliphatic rings. The molecule has 0 radical (unpaired) electrons. The second kappa shape index (κ2) is 5.22. The van der Waals surface area contributed by atoms with Crippen LogP contribution in [0.4, 0.5) is 8.78 Å². The van der Waals surface area contributed by atoms with E-state index >= 15 is 0 Å². The molecule has 5 heteroatoms. The van der Waals surface area contributed by atoms with Crippen molar-refractivity contribution in [1.82, 2.24) is 5.32 Å². The summed E-state index contributed by atoms with van der Waals surface area (Å²) < 4.78 is 27.5. The molecule has 1 N–H and O–H groups in total. The van der Waals surface area contributed by atoms with E-state index in [0.29, 0.717) is 6.07 Å². The van der Waals surface area contributed by atoms with Crippen LogP contribution in [-0.2, 0) is 5.54 Å². The van der Waals surface area contributed by atoms with E-state index in [0.717, 1.165) is 35.0 Å². The highest BCUT2D eigenvalue weighted by atomic mass is 79.9. The molecule has 0 aliphatic heterocycles. The summed E-state index contributed by atoms with van der Waals surface area (Å²) in [6.45, 7) is 0. The van der Waals surface area contributed by atoms with Gasteiger partial charge in [-0.25, -0.2) is 8.78 Å². The van der Waals surface area contributed by atoms with Crippen molar-refractivity contribution in [2.24, 2.45) is 0 Å². The van der Waals surface area contributed by atoms with Crippen LogP contribution in [0.3, 0.4) is 0 Å². The summed E-state index contributed by atoms with van der Waals surface area (Å²) in [6, 6.07) is 10.6. The van der Waals surface area contributed by atoms with Gasteiger partial charge in [0, 0.05) is 10.5 Å². The number of carbonyl (C=O) groups excluding carboxylic acids is 1. The van der Waals surface area contributed by atoms with E-state index in [4.69, 9.17) is 0 Å². The van der Waals surface area contributed by atoms with Crippen LogP contribution >= 0.6 is 15.9 Å². The average Bonchev–Trinajstić information content (AvgIpc) is 3.20.